The van der Waals surface area contributed by atoms with Gasteiger partial charge in [-0.1, -0.05) is 20.3 Å². The molecule has 1 heterocycles. The fraction of sp³-hybridized carbons (Fsp3) is 1.00. The average Bonchev–Trinajstić information content (AvgIpc) is 2.33. The van der Waals surface area contributed by atoms with E-state index in [1.165, 1.54) is 38.6 Å². The summed E-state index contributed by atoms with van der Waals surface area (Å²) < 4.78 is 0. The maximum Gasteiger partial charge on any atom is 0.0221 e. The summed E-state index contributed by atoms with van der Waals surface area (Å²) in [6.45, 7) is 8.77. The SMILES string of the molecule is CCC(CC)NCC1CCCCN1CCN. The van der Waals surface area contributed by atoms with Crippen LogP contribution in [0.15, 0.2) is 0 Å². The van der Waals surface area contributed by atoms with Crippen LogP contribution < -0.4 is 11.1 Å². The fourth-order valence-corrected chi connectivity index (χ4v) is 2.63. The Kier molecular flexibility index (Phi) is 7.01. The Morgan fingerprint density at radius 1 is 1.31 bits per heavy atom. The highest BCUT2D eigenvalue weighted by atomic mass is 15.2. The van der Waals surface area contributed by atoms with Gasteiger partial charge in [-0.15, -0.1) is 0 Å². The zero-order valence-corrected chi connectivity index (χ0v) is 11.0. The van der Waals surface area contributed by atoms with Crippen molar-refractivity contribution in [1.82, 2.24) is 10.2 Å². The summed E-state index contributed by atoms with van der Waals surface area (Å²) in [5, 5.41) is 3.69. The van der Waals surface area contributed by atoms with Crippen molar-refractivity contribution in [3.63, 3.8) is 0 Å². The second-order valence-electron chi connectivity index (χ2n) is 4.90. The van der Waals surface area contributed by atoms with E-state index in [9.17, 15) is 0 Å². The number of nitrogens with zero attached hydrogens (tertiary/aromatic N) is 1. The van der Waals surface area contributed by atoms with E-state index in [1.807, 2.05) is 0 Å². The van der Waals surface area contributed by atoms with Crippen LogP contribution in [-0.2, 0) is 0 Å². The molecule has 0 saturated carbocycles. The van der Waals surface area contributed by atoms with Crippen molar-refractivity contribution in [3.8, 4) is 0 Å². The molecule has 3 nitrogen and oxygen atoms in total. The van der Waals surface area contributed by atoms with Crippen molar-refractivity contribution in [1.29, 1.82) is 0 Å². The van der Waals surface area contributed by atoms with E-state index in [4.69, 9.17) is 5.73 Å². The van der Waals surface area contributed by atoms with Crippen molar-refractivity contribution >= 4 is 0 Å². The molecule has 3 N–H and O–H groups in total. The van der Waals surface area contributed by atoms with Crippen LogP contribution in [0.1, 0.15) is 46.0 Å². The molecule has 1 unspecified atom stereocenters. The first-order valence-corrected chi connectivity index (χ1v) is 6.99. The quantitative estimate of drug-likeness (QED) is 0.694. The lowest BCUT2D eigenvalue weighted by Crippen LogP contribution is -2.48. The van der Waals surface area contributed by atoms with Crippen LogP contribution >= 0.6 is 0 Å². The van der Waals surface area contributed by atoms with E-state index in [1.54, 1.807) is 0 Å². The highest BCUT2D eigenvalue weighted by molar-refractivity contribution is 4.80. The Labute approximate surface area is 101 Å². The third-order valence-electron chi connectivity index (χ3n) is 3.79. The van der Waals surface area contributed by atoms with Crippen LogP contribution in [0.25, 0.3) is 0 Å². The fourth-order valence-electron chi connectivity index (χ4n) is 2.63. The predicted molar refractivity (Wildman–Crippen MR) is 70.6 cm³/mol. The van der Waals surface area contributed by atoms with E-state index in [2.05, 4.69) is 24.1 Å². The van der Waals surface area contributed by atoms with E-state index in [0.717, 1.165) is 25.7 Å². The van der Waals surface area contributed by atoms with E-state index in [0.29, 0.717) is 6.04 Å². The maximum absolute atomic E-state index is 5.67. The third kappa shape index (κ3) is 4.40. The van der Waals surface area contributed by atoms with Crippen LogP contribution in [0.5, 0.6) is 0 Å². The lowest BCUT2D eigenvalue weighted by Gasteiger charge is -2.36. The molecule has 96 valence electrons. The van der Waals surface area contributed by atoms with Crippen LogP contribution in [-0.4, -0.2) is 43.2 Å². The second kappa shape index (κ2) is 8.04. The third-order valence-corrected chi connectivity index (χ3v) is 3.79. The molecule has 1 rings (SSSR count). The normalized spacial score (nSPS) is 22.9. The van der Waals surface area contributed by atoms with Crippen molar-refractivity contribution in [3.05, 3.63) is 0 Å². The first kappa shape index (κ1) is 13.9. The maximum atomic E-state index is 5.67. The number of hydrogen-bond donors (Lipinski definition) is 2. The molecule has 16 heavy (non-hydrogen) atoms. The van der Waals surface area contributed by atoms with E-state index >= 15 is 0 Å². The zero-order chi connectivity index (χ0) is 11.8. The molecule has 1 atom stereocenters. The minimum Gasteiger partial charge on any atom is -0.329 e. The topological polar surface area (TPSA) is 41.3 Å². The van der Waals surface area contributed by atoms with Gasteiger partial charge in [0.25, 0.3) is 0 Å². The van der Waals surface area contributed by atoms with Gasteiger partial charge in [0.1, 0.15) is 0 Å². The number of nitrogens with two attached hydrogens (primary N) is 1. The minimum absolute atomic E-state index is 0.696. The van der Waals surface area contributed by atoms with Gasteiger partial charge in [-0.25, -0.2) is 0 Å². The zero-order valence-electron chi connectivity index (χ0n) is 11.0. The largest absolute Gasteiger partial charge is 0.329 e. The summed E-state index contributed by atoms with van der Waals surface area (Å²) in [6.07, 6.45) is 6.55. The highest BCUT2D eigenvalue weighted by Gasteiger charge is 2.21. The van der Waals surface area contributed by atoms with Gasteiger partial charge in [0, 0.05) is 31.7 Å². The molecule has 0 aliphatic carbocycles. The molecule has 1 saturated heterocycles. The molecule has 1 aliphatic rings. The summed E-state index contributed by atoms with van der Waals surface area (Å²) in [4.78, 5) is 2.57. The Hall–Kier alpha value is -0.120. The Morgan fingerprint density at radius 3 is 2.69 bits per heavy atom. The molecule has 3 heteroatoms. The summed E-state index contributed by atoms with van der Waals surface area (Å²) >= 11 is 0. The summed E-state index contributed by atoms with van der Waals surface area (Å²) in [5.74, 6) is 0. The standard InChI is InChI=1S/C13H29N3/c1-3-12(4-2)15-11-13-7-5-6-9-16(13)10-8-14/h12-13,15H,3-11,14H2,1-2H3. The van der Waals surface area contributed by atoms with Gasteiger partial charge >= 0.3 is 0 Å². The smallest absolute Gasteiger partial charge is 0.0221 e. The van der Waals surface area contributed by atoms with Crippen molar-refractivity contribution in [2.45, 2.75) is 58.0 Å². The summed E-state index contributed by atoms with van der Waals surface area (Å²) in [5.41, 5.74) is 5.67. The molecular weight excluding hydrogens is 198 g/mol. The second-order valence-corrected chi connectivity index (χ2v) is 4.90. The van der Waals surface area contributed by atoms with Gasteiger partial charge in [0.05, 0.1) is 0 Å². The number of nitrogens with one attached hydrogen (secondary N) is 1. The van der Waals surface area contributed by atoms with Crippen molar-refractivity contribution in [2.24, 2.45) is 5.73 Å². The molecule has 0 bridgehead atoms. The molecule has 0 aromatic carbocycles. The summed E-state index contributed by atoms with van der Waals surface area (Å²) in [7, 11) is 0. The molecule has 0 spiro atoms. The molecule has 1 fully saturated rings. The Bertz CT molecular complexity index is 167. The molecule has 1 aliphatic heterocycles. The summed E-state index contributed by atoms with van der Waals surface area (Å²) in [6, 6.07) is 1.42. The predicted octanol–water partition coefficient (Wildman–Crippen LogP) is 1.58. The molecule has 0 aromatic rings. The lowest BCUT2D eigenvalue weighted by molar-refractivity contribution is 0.146. The molecule has 0 amide bonds. The Morgan fingerprint density at radius 2 is 2.06 bits per heavy atom. The van der Waals surface area contributed by atoms with Gasteiger partial charge in [-0.05, 0) is 32.2 Å². The van der Waals surface area contributed by atoms with Gasteiger partial charge < -0.3 is 11.1 Å². The van der Waals surface area contributed by atoms with E-state index in [-0.39, 0.29) is 0 Å². The number of hydrogen-bond acceptors (Lipinski definition) is 3. The van der Waals surface area contributed by atoms with E-state index < -0.39 is 0 Å². The molecule has 0 radical (unpaired) electrons. The monoisotopic (exact) mass is 227 g/mol. The molecule has 0 aromatic heterocycles. The van der Waals surface area contributed by atoms with Crippen LogP contribution in [0.2, 0.25) is 0 Å². The van der Waals surface area contributed by atoms with Gasteiger partial charge in [-0.2, -0.15) is 0 Å². The number of likely N-dealkylation sites (tertiary alicyclic amines) is 1. The van der Waals surface area contributed by atoms with Crippen LogP contribution in [0, 0.1) is 0 Å². The van der Waals surface area contributed by atoms with Crippen molar-refractivity contribution in [2.75, 3.05) is 26.2 Å². The van der Waals surface area contributed by atoms with Crippen molar-refractivity contribution < 1.29 is 0 Å². The first-order valence-electron chi connectivity index (χ1n) is 6.99. The molecular formula is C13H29N3. The highest BCUT2D eigenvalue weighted by Crippen LogP contribution is 2.16. The lowest BCUT2D eigenvalue weighted by atomic mass is 10.0. The average molecular weight is 227 g/mol. The number of rotatable bonds is 7. The first-order chi connectivity index (χ1) is 7.81. The van der Waals surface area contributed by atoms with Crippen LogP contribution in [0.4, 0.5) is 0 Å². The van der Waals surface area contributed by atoms with Gasteiger partial charge in [0.15, 0.2) is 0 Å². The minimum atomic E-state index is 0.696. The van der Waals surface area contributed by atoms with Gasteiger partial charge in [-0.3, -0.25) is 4.90 Å². The number of piperidine rings is 1. The van der Waals surface area contributed by atoms with Crippen LogP contribution in [0.3, 0.4) is 0 Å². The van der Waals surface area contributed by atoms with Gasteiger partial charge in [0.2, 0.25) is 0 Å². The Balaban J connectivity index is 2.31.